The third kappa shape index (κ3) is 3.83. The molecule has 30 heavy (non-hydrogen) atoms. The lowest BCUT2D eigenvalue weighted by Crippen LogP contribution is -2.18. The van der Waals surface area contributed by atoms with Gasteiger partial charge >= 0.3 is 5.97 Å². The number of halogens is 1. The molecule has 0 aliphatic heterocycles. The highest BCUT2D eigenvalue weighted by atomic mass is 19.1. The molecule has 0 fully saturated rings. The predicted octanol–water partition coefficient (Wildman–Crippen LogP) is 3.88. The number of aromatic carboxylic acids is 1. The Morgan fingerprint density at radius 3 is 2.63 bits per heavy atom. The van der Waals surface area contributed by atoms with Gasteiger partial charge in [0.05, 0.1) is 18.3 Å². The van der Waals surface area contributed by atoms with Gasteiger partial charge in [0.1, 0.15) is 11.6 Å². The highest BCUT2D eigenvalue weighted by molar-refractivity contribution is 6.00. The van der Waals surface area contributed by atoms with Gasteiger partial charge in [0.2, 0.25) is 5.76 Å². The molecule has 150 valence electrons. The molecule has 2 N–H and O–H groups in total. The van der Waals surface area contributed by atoms with Crippen molar-refractivity contribution in [2.75, 3.05) is 0 Å². The van der Waals surface area contributed by atoms with Crippen molar-refractivity contribution in [2.45, 2.75) is 6.54 Å². The second kappa shape index (κ2) is 8.04. The number of rotatable bonds is 6. The van der Waals surface area contributed by atoms with Gasteiger partial charge in [-0.15, -0.1) is 0 Å². The molecular formula is C22H16FN3O4. The summed E-state index contributed by atoms with van der Waals surface area (Å²) in [4.78, 5) is 23.1. The van der Waals surface area contributed by atoms with Crippen LogP contribution in [0.3, 0.4) is 0 Å². The van der Waals surface area contributed by atoms with Crippen molar-refractivity contribution in [1.29, 1.82) is 0 Å². The molecular weight excluding hydrogens is 389 g/mol. The van der Waals surface area contributed by atoms with E-state index < -0.39 is 17.7 Å². The number of benzene rings is 2. The van der Waals surface area contributed by atoms with Crippen LogP contribution in [0, 0.1) is 5.82 Å². The number of nitrogens with zero attached hydrogens (tertiary/aromatic N) is 2. The summed E-state index contributed by atoms with van der Waals surface area (Å²) in [6.45, 7) is 0.323. The van der Waals surface area contributed by atoms with Crippen molar-refractivity contribution in [1.82, 2.24) is 9.99 Å². The van der Waals surface area contributed by atoms with Crippen LogP contribution >= 0.6 is 0 Å². The first-order valence-electron chi connectivity index (χ1n) is 9.01. The topological polar surface area (TPSA) is 96.8 Å². The second-order valence-corrected chi connectivity index (χ2v) is 6.48. The number of hydrazone groups is 1. The molecule has 0 saturated heterocycles. The number of amides is 1. The molecule has 0 radical (unpaired) electrons. The van der Waals surface area contributed by atoms with Crippen molar-refractivity contribution in [3.8, 4) is 0 Å². The summed E-state index contributed by atoms with van der Waals surface area (Å²) in [5.41, 5.74) is 3.84. The van der Waals surface area contributed by atoms with Gasteiger partial charge < -0.3 is 14.1 Å². The Morgan fingerprint density at radius 2 is 1.87 bits per heavy atom. The fourth-order valence-electron chi connectivity index (χ4n) is 3.12. The Kier molecular flexibility index (Phi) is 5.13. The first kappa shape index (κ1) is 19.1. The molecule has 2 aromatic carbocycles. The maximum atomic E-state index is 13.7. The summed E-state index contributed by atoms with van der Waals surface area (Å²) in [7, 11) is 0. The average Bonchev–Trinajstić information content (AvgIpc) is 3.34. The van der Waals surface area contributed by atoms with Gasteiger partial charge in [0.25, 0.3) is 5.91 Å². The number of hydrogen-bond donors (Lipinski definition) is 2. The lowest BCUT2D eigenvalue weighted by atomic mass is 10.2. The molecule has 0 atom stereocenters. The smallest absolute Gasteiger partial charge is 0.371 e. The summed E-state index contributed by atoms with van der Waals surface area (Å²) in [6.07, 6.45) is 3.29. The monoisotopic (exact) mass is 405 g/mol. The molecule has 2 heterocycles. The van der Waals surface area contributed by atoms with Crippen LogP contribution in [0.25, 0.3) is 10.9 Å². The van der Waals surface area contributed by atoms with E-state index in [1.165, 1.54) is 30.5 Å². The van der Waals surface area contributed by atoms with Gasteiger partial charge in [-0.3, -0.25) is 4.79 Å². The fourth-order valence-corrected chi connectivity index (χ4v) is 3.12. The van der Waals surface area contributed by atoms with Gasteiger partial charge in [-0.2, -0.15) is 5.10 Å². The Labute approximate surface area is 170 Å². The van der Waals surface area contributed by atoms with E-state index in [9.17, 15) is 14.0 Å². The number of furan rings is 1. The minimum absolute atomic E-state index is 0.0934. The summed E-state index contributed by atoms with van der Waals surface area (Å²) in [5.74, 6) is -2.04. The number of hydrogen-bond acceptors (Lipinski definition) is 4. The van der Waals surface area contributed by atoms with E-state index in [1.807, 2.05) is 35.0 Å². The van der Waals surface area contributed by atoms with Gasteiger partial charge in [0.15, 0.2) is 0 Å². The van der Waals surface area contributed by atoms with E-state index in [2.05, 4.69) is 10.5 Å². The maximum Gasteiger partial charge on any atom is 0.371 e. The molecule has 0 aliphatic rings. The number of carboxylic acid groups (broad SMARTS) is 1. The molecule has 2 aromatic heterocycles. The quantitative estimate of drug-likeness (QED) is 0.376. The first-order valence-corrected chi connectivity index (χ1v) is 9.01. The SMILES string of the molecule is O=C(O)c1ccc(Cn2cc(/C=N\NC(=O)c3ccccc3F)c3ccccc32)o1. The van der Waals surface area contributed by atoms with E-state index in [0.717, 1.165) is 16.5 Å². The average molecular weight is 405 g/mol. The molecule has 8 heteroatoms. The zero-order valence-corrected chi connectivity index (χ0v) is 15.6. The number of nitrogens with one attached hydrogen (secondary N) is 1. The second-order valence-electron chi connectivity index (χ2n) is 6.48. The van der Waals surface area contributed by atoms with E-state index in [4.69, 9.17) is 9.52 Å². The van der Waals surface area contributed by atoms with Crippen molar-refractivity contribution >= 4 is 29.0 Å². The predicted molar refractivity (Wildman–Crippen MR) is 108 cm³/mol. The van der Waals surface area contributed by atoms with Crippen LogP contribution in [0.5, 0.6) is 0 Å². The third-order valence-corrected chi connectivity index (χ3v) is 4.51. The zero-order valence-electron chi connectivity index (χ0n) is 15.6. The van der Waals surface area contributed by atoms with Crippen LogP contribution in [0.4, 0.5) is 4.39 Å². The Morgan fingerprint density at radius 1 is 1.10 bits per heavy atom. The summed E-state index contributed by atoms with van der Waals surface area (Å²) in [6, 6.07) is 16.2. The van der Waals surface area contributed by atoms with Gasteiger partial charge in [0, 0.05) is 22.7 Å². The molecule has 7 nitrogen and oxygen atoms in total. The number of fused-ring (bicyclic) bond motifs is 1. The molecule has 4 aromatic rings. The Bertz CT molecular complexity index is 1270. The van der Waals surface area contributed by atoms with E-state index in [1.54, 1.807) is 12.1 Å². The highest BCUT2D eigenvalue weighted by Gasteiger charge is 2.13. The van der Waals surface area contributed by atoms with E-state index >= 15 is 0 Å². The van der Waals surface area contributed by atoms with Gasteiger partial charge in [-0.25, -0.2) is 14.6 Å². The summed E-state index contributed by atoms with van der Waals surface area (Å²) in [5, 5.41) is 13.8. The number of carbonyl (C=O) groups excluding carboxylic acids is 1. The molecule has 0 unspecified atom stereocenters. The molecule has 0 aliphatic carbocycles. The minimum Gasteiger partial charge on any atom is -0.475 e. The minimum atomic E-state index is -1.13. The van der Waals surface area contributed by atoms with Gasteiger partial charge in [-0.05, 0) is 30.3 Å². The van der Waals surface area contributed by atoms with Crippen LogP contribution in [-0.4, -0.2) is 27.8 Å². The number of carboxylic acids is 1. The molecule has 4 rings (SSSR count). The maximum absolute atomic E-state index is 13.7. The van der Waals surface area contributed by atoms with Crippen LogP contribution < -0.4 is 5.43 Å². The molecule has 0 bridgehead atoms. The molecule has 0 saturated carbocycles. The van der Waals surface area contributed by atoms with Crippen molar-refractivity contribution in [3.05, 3.63) is 95.3 Å². The van der Waals surface area contributed by atoms with Crippen molar-refractivity contribution in [2.24, 2.45) is 5.10 Å². The summed E-state index contributed by atoms with van der Waals surface area (Å²) < 4.78 is 20.9. The number of carbonyl (C=O) groups is 2. The standard InChI is InChI=1S/C22H16FN3O4/c23-18-7-3-1-6-17(18)21(27)25-24-11-14-12-26(19-8-4-2-5-16(14)19)13-15-9-10-20(30-15)22(28)29/h1-12H,13H2,(H,25,27)(H,28,29)/b24-11-. The third-order valence-electron chi connectivity index (χ3n) is 4.51. The van der Waals surface area contributed by atoms with Crippen LogP contribution in [0.1, 0.15) is 32.2 Å². The lowest BCUT2D eigenvalue weighted by molar-refractivity contribution is 0.0660. The highest BCUT2D eigenvalue weighted by Crippen LogP contribution is 2.22. The summed E-state index contributed by atoms with van der Waals surface area (Å²) >= 11 is 0. The Balaban J connectivity index is 1.57. The van der Waals surface area contributed by atoms with Crippen LogP contribution in [0.2, 0.25) is 0 Å². The first-order chi connectivity index (χ1) is 14.5. The molecule has 0 spiro atoms. The van der Waals surface area contributed by atoms with Crippen LogP contribution in [-0.2, 0) is 6.54 Å². The zero-order chi connectivity index (χ0) is 21.1. The van der Waals surface area contributed by atoms with Crippen LogP contribution in [0.15, 0.2) is 76.4 Å². The van der Waals surface area contributed by atoms with E-state index in [-0.39, 0.29) is 11.3 Å². The number of para-hydroxylation sites is 1. The largest absolute Gasteiger partial charge is 0.475 e. The van der Waals surface area contributed by atoms with Gasteiger partial charge in [-0.1, -0.05) is 30.3 Å². The van der Waals surface area contributed by atoms with Crippen molar-refractivity contribution < 1.29 is 23.5 Å². The van der Waals surface area contributed by atoms with Crippen molar-refractivity contribution in [3.63, 3.8) is 0 Å². The number of aromatic nitrogens is 1. The fraction of sp³-hybridized carbons (Fsp3) is 0.0455. The Hall–Kier alpha value is -4.20. The lowest BCUT2D eigenvalue weighted by Gasteiger charge is -2.02. The van der Waals surface area contributed by atoms with E-state index in [0.29, 0.717) is 12.3 Å². The normalized spacial score (nSPS) is 11.2. The molecule has 1 amide bonds.